The van der Waals surface area contributed by atoms with E-state index >= 15 is 0 Å². The summed E-state index contributed by atoms with van der Waals surface area (Å²) in [4.78, 5) is 26.7. The number of anilines is 1. The maximum absolute atomic E-state index is 13.6. The third-order valence-electron chi connectivity index (χ3n) is 6.06. The van der Waals surface area contributed by atoms with E-state index in [0.29, 0.717) is 45.0 Å². The van der Waals surface area contributed by atoms with Gasteiger partial charge in [-0.2, -0.15) is 0 Å². The Bertz CT molecular complexity index is 1500. The molecule has 0 unspecified atom stereocenters. The number of carbonyl (C=O) groups is 1. The molecule has 0 atom stereocenters. The van der Waals surface area contributed by atoms with Crippen LogP contribution in [0.15, 0.2) is 65.5 Å². The Labute approximate surface area is 212 Å². The van der Waals surface area contributed by atoms with E-state index in [-0.39, 0.29) is 18.0 Å². The fourth-order valence-electron chi connectivity index (χ4n) is 4.24. The summed E-state index contributed by atoms with van der Waals surface area (Å²) < 4.78 is 9.23. The van der Waals surface area contributed by atoms with E-state index in [0.717, 1.165) is 23.1 Å². The lowest BCUT2D eigenvalue weighted by Crippen LogP contribution is -2.27. The monoisotopic (exact) mass is 507 g/mol. The molecule has 1 aliphatic rings. The van der Waals surface area contributed by atoms with E-state index in [1.165, 1.54) is 4.68 Å². The van der Waals surface area contributed by atoms with E-state index in [1.807, 2.05) is 37.3 Å². The minimum atomic E-state index is -0.335. The van der Waals surface area contributed by atoms with Crippen molar-refractivity contribution in [2.75, 3.05) is 5.32 Å². The molecule has 8 heteroatoms. The second-order valence-corrected chi connectivity index (χ2v) is 9.38. The minimum absolute atomic E-state index is 0.146. The Hall–Kier alpha value is -3.48. The van der Waals surface area contributed by atoms with Crippen molar-refractivity contribution in [3.05, 3.63) is 103 Å². The van der Waals surface area contributed by atoms with Gasteiger partial charge in [0.25, 0.3) is 5.56 Å². The van der Waals surface area contributed by atoms with Gasteiger partial charge in [0.1, 0.15) is 12.3 Å². The highest BCUT2D eigenvalue weighted by atomic mass is 35.5. The molecule has 0 fully saturated rings. The molecule has 0 radical (unpaired) electrons. The average Bonchev–Trinajstić information content (AvgIpc) is 3.10. The predicted octanol–water partition coefficient (Wildman–Crippen LogP) is 6.15. The van der Waals surface area contributed by atoms with Crippen LogP contribution in [0, 0.1) is 6.92 Å². The Morgan fingerprint density at radius 3 is 2.54 bits per heavy atom. The molecule has 1 aromatic heterocycles. The van der Waals surface area contributed by atoms with Crippen molar-refractivity contribution in [1.82, 2.24) is 9.36 Å². The minimum Gasteiger partial charge on any atom is -0.439 e. The van der Waals surface area contributed by atoms with Gasteiger partial charge in [-0.1, -0.05) is 48.3 Å². The maximum Gasteiger partial charge on any atom is 0.278 e. The zero-order valence-corrected chi connectivity index (χ0v) is 20.8. The molecular weight excluding hydrogens is 485 g/mol. The van der Waals surface area contributed by atoms with Gasteiger partial charge in [0.05, 0.1) is 22.0 Å². The topological polar surface area (TPSA) is 65.3 Å². The van der Waals surface area contributed by atoms with E-state index in [4.69, 9.17) is 27.9 Å². The van der Waals surface area contributed by atoms with Crippen LogP contribution < -0.4 is 15.6 Å². The third kappa shape index (κ3) is 4.47. The summed E-state index contributed by atoms with van der Waals surface area (Å²) >= 11 is 12.5. The van der Waals surface area contributed by atoms with Gasteiger partial charge in [-0.05, 0) is 66.9 Å². The Kier molecular flexibility index (Phi) is 6.17. The molecule has 0 aliphatic carbocycles. The van der Waals surface area contributed by atoms with Crippen LogP contribution in [0.4, 0.5) is 5.69 Å². The first-order chi connectivity index (χ1) is 16.8. The summed E-state index contributed by atoms with van der Waals surface area (Å²) in [6.07, 6.45) is 1.24. The number of aromatic nitrogens is 2. The predicted molar refractivity (Wildman–Crippen MR) is 139 cm³/mol. The van der Waals surface area contributed by atoms with Crippen LogP contribution in [-0.2, 0) is 24.2 Å². The van der Waals surface area contributed by atoms with Crippen LogP contribution in [0.25, 0.3) is 5.69 Å². The number of hydrogen-bond acceptors (Lipinski definition) is 3. The number of nitrogens with one attached hydrogen (secondary N) is 1. The number of amides is 1. The summed E-state index contributed by atoms with van der Waals surface area (Å²) in [7, 11) is 0. The fourth-order valence-corrected chi connectivity index (χ4v) is 4.72. The number of ether oxygens (including phenoxy) is 1. The van der Waals surface area contributed by atoms with E-state index in [1.54, 1.807) is 35.0 Å². The molecule has 1 N–H and O–H groups in total. The van der Waals surface area contributed by atoms with Crippen LogP contribution in [-0.4, -0.2) is 15.3 Å². The first-order valence-corrected chi connectivity index (χ1v) is 12.1. The number of benzene rings is 3. The summed E-state index contributed by atoms with van der Waals surface area (Å²) in [6.45, 7) is 3.85. The molecule has 5 rings (SSSR count). The number of hydrogen-bond donors (Lipinski definition) is 1. The van der Waals surface area contributed by atoms with Crippen molar-refractivity contribution >= 4 is 34.8 Å². The van der Waals surface area contributed by atoms with Gasteiger partial charge in [0.15, 0.2) is 0 Å². The van der Waals surface area contributed by atoms with E-state index in [2.05, 4.69) is 12.2 Å². The second kappa shape index (κ2) is 9.29. The molecule has 1 aliphatic heterocycles. The van der Waals surface area contributed by atoms with Crippen LogP contribution in [0.5, 0.6) is 11.6 Å². The highest BCUT2D eigenvalue weighted by Gasteiger charge is 2.29. The molecule has 0 bridgehead atoms. The average molecular weight is 508 g/mol. The third-order valence-corrected chi connectivity index (χ3v) is 6.61. The standard InChI is InChI=1S/C27H23Cl2N3O3/c1-3-17-5-8-20(9-6-17)32-26(34)21-14-18-13-19(28)7-11-24(18)35-27(21)31(32)15-25(33)30-23-10-4-16(2)12-22(23)29/h4-13H,3,14-15H2,1-2H3,(H,30,33). The Balaban J connectivity index is 1.57. The van der Waals surface area contributed by atoms with Gasteiger partial charge < -0.3 is 10.1 Å². The SMILES string of the molecule is CCc1ccc(-n2c(=O)c3c(n2CC(=O)Nc2ccc(C)cc2Cl)Oc2ccc(Cl)cc2C3)cc1. The quantitative estimate of drug-likeness (QED) is 0.310. The first-order valence-electron chi connectivity index (χ1n) is 11.3. The summed E-state index contributed by atoms with van der Waals surface area (Å²) in [5.74, 6) is 0.614. The lowest BCUT2D eigenvalue weighted by Gasteiger charge is -2.20. The van der Waals surface area contributed by atoms with Crippen LogP contribution in [0.3, 0.4) is 0 Å². The molecule has 6 nitrogen and oxygen atoms in total. The molecule has 35 heavy (non-hydrogen) atoms. The zero-order valence-electron chi connectivity index (χ0n) is 19.3. The fraction of sp³-hybridized carbons (Fsp3) is 0.185. The Morgan fingerprint density at radius 1 is 1.06 bits per heavy atom. The highest BCUT2D eigenvalue weighted by molar-refractivity contribution is 6.33. The summed E-state index contributed by atoms with van der Waals surface area (Å²) in [5, 5.41) is 3.86. The van der Waals surface area contributed by atoms with E-state index < -0.39 is 0 Å². The molecule has 2 heterocycles. The molecule has 4 aromatic rings. The number of aryl methyl sites for hydroxylation is 2. The van der Waals surface area contributed by atoms with Gasteiger partial charge in [-0.15, -0.1) is 0 Å². The number of nitrogens with zero attached hydrogens (tertiary/aromatic N) is 2. The molecule has 178 valence electrons. The van der Waals surface area contributed by atoms with Crippen LogP contribution in [0.1, 0.15) is 29.2 Å². The van der Waals surface area contributed by atoms with Gasteiger partial charge in [0.2, 0.25) is 11.8 Å². The summed E-state index contributed by atoms with van der Waals surface area (Å²) in [5.41, 5.74) is 4.35. The second-order valence-electron chi connectivity index (χ2n) is 8.54. The van der Waals surface area contributed by atoms with Crippen molar-refractivity contribution in [2.24, 2.45) is 0 Å². The number of fused-ring (bicyclic) bond motifs is 2. The number of carbonyl (C=O) groups excluding carboxylic acids is 1. The normalized spacial score (nSPS) is 12.0. The van der Waals surface area contributed by atoms with Gasteiger partial charge >= 0.3 is 0 Å². The highest BCUT2D eigenvalue weighted by Crippen LogP contribution is 2.37. The van der Waals surface area contributed by atoms with Crippen molar-refractivity contribution in [3.8, 4) is 17.3 Å². The van der Waals surface area contributed by atoms with Crippen molar-refractivity contribution < 1.29 is 9.53 Å². The van der Waals surface area contributed by atoms with Gasteiger partial charge in [-0.25, -0.2) is 9.36 Å². The molecular formula is C27H23Cl2N3O3. The van der Waals surface area contributed by atoms with Crippen LogP contribution in [0.2, 0.25) is 10.0 Å². The van der Waals surface area contributed by atoms with E-state index in [9.17, 15) is 9.59 Å². The molecule has 0 saturated carbocycles. The smallest absolute Gasteiger partial charge is 0.278 e. The van der Waals surface area contributed by atoms with Crippen molar-refractivity contribution in [1.29, 1.82) is 0 Å². The molecule has 0 spiro atoms. The Morgan fingerprint density at radius 2 is 1.83 bits per heavy atom. The lowest BCUT2D eigenvalue weighted by molar-refractivity contribution is -0.117. The first kappa shape index (κ1) is 23.3. The largest absolute Gasteiger partial charge is 0.439 e. The molecule has 3 aromatic carbocycles. The number of halogens is 2. The molecule has 1 amide bonds. The number of rotatable bonds is 5. The zero-order chi connectivity index (χ0) is 24.7. The van der Waals surface area contributed by atoms with Gasteiger partial charge in [-0.3, -0.25) is 9.59 Å². The summed E-state index contributed by atoms with van der Waals surface area (Å²) in [6, 6.07) is 18.4. The maximum atomic E-state index is 13.6. The van der Waals surface area contributed by atoms with Gasteiger partial charge in [0, 0.05) is 17.0 Å². The lowest BCUT2D eigenvalue weighted by atomic mass is 10.0. The van der Waals surface area contributed by atoms with Crippen molar-refractivity contribution in [3.63, 3.8) is 0 Å². The molecule has 0 saturated heterocycles. The van der Waals surface area contributed by atoms with Crippen LogP contribution >= 0.6 is 23.2 Å². The van der Waals surface area contributed by atoms with Crippen molar-refractivity contribution in [2.45, 2.75) is 33.2 Å².